The number of para-hydroxylation sites is 2. The molecule has 0 radical (unpaired) electrons. The molecule has 0 aliphatic rings. The summed E-state index contributed by atoms with van der Waals surface area (Å²) in [6, 6.07) is 19.6. The molecule has 0 aromatic heterocycles. The molecule has 0 saturated heterocycles. The van der Waals surface area contributed by atoms with Crippen molar-refractivity contribution < 1.29 is 29.0 Å². The van der Waals surface area contributed by atoms with E-state index in [9.17, 15) is 19.5 Å². The van der Waals surface area contributed by atoms with Gasteiger partial charge in [0.05, 0.1) is 11.4 Å². The normalized spacial score (nSPS) is 12.5. The van der Waals surface area contributed by atoms with Crippen LogP contribution in [0.15, 0.2) is 84.9 Å². The van der Waals surface area contributed by atoms with Gasteiger partial charge >= 0.3 is 6.09 Å². The largest absolute Gasteiger partial charge is 0.508 e. The third kappa shape index (κ3) is 7.30. The van der Waals surface area contributed by atoms with Crippen LogP contribution in [0.2, 0.25) is 0 Å². The Kier molecular flexibility index (Phi) is 9.42. The number of nitrogens with one attached hydrogen (secondary N) is 2. The predicted molar refractivity (Wildman–Crippen MR) is 143 cm³/mol. The first-order chi connectivity index (χ1) is 17.3. The number of aromatic hydroxyl groups is 1. The van der Waals surface area contributed by atoms with Crippen molar-refractivity contribution in [2.75, 3.05) is 18.2 Å². The van der Waals surface area contributed by atoms with Crippen molar-refractivity contribution in [3.63, 3.8) is 0 Å². The summed E-state index contributed by atoms with van der Waals surface area (Å²) >= 11 is 2.04. The molecule has 5 N–H and O–H groups in total. The lowest BCUT2D eigenvalue weighted by Crippen LogP contribution is -2.35. The van der Waals surface area contributed by atoms with Gasteiger partial charge in [-0.2, -0.15) is 0 Å². The molecule has 0 heterocycles. The van der Waals surface area contributed by atoms with Gasteiger partial charge in [-0.05, 0) is 71.1 Å². The number of imide groups is 1. The second kappa shape index (κ2) is 12.7. The number of ether oxygens (including phenoxy) is 2. The van der Waals surface area contributed by atoms with Crippen LogP contribution in [0, 0.1) is 3.57 Å². The van der Waals surface area contributed by atoms with Crippen molar-refractivity contribution in [2.45, 2.75) is 12.2 Å². The van der Waals surface area contributed by atoms with E-state index < -0.39 is 30.1 Å². The summed E-state index contributed by atoms with van der Waals surface area (Å²) in [5.41, 5.74) is 7.18. The van der Waals surface area contributed by atoms with Crippen LogP contribution in [0.3, 0.4) is 0 Å². The Hall–Kier alpha value is -3.90. The van der Waals surface area contributed by atoms with Crippen molar-refractivity contribution in [3.05, 3.63) is 99.6 Å². The minimum Gasteiger partial charge on any atom is -0.508 e. The van der Waals surface area contributed by atoms with Crippen molar-refractivity contribution >= 4 is 51.9 Å². The van der Waals surface area contributed by atoms with Gasteiger partial charge in [-0.25, -0.2) is 4.79 Å². The van der Waals surface area contributed by atoms with Crippen molar-refractivity contribution in [1.82, 2.24) is 5.32 Å². The van der Waals surface area contributed by atoms with Gasteiger partial charge < -0.3 is 25.6 Å². The number of alkyl carbamates (subject to hydrolysis) is 1. The first kappa shape index (κ1) is 26.7. The van der Waals surface area contributed by atoms with Gasteiger partial charge in [0.25, 0.3) is 5.91 Å². The molecule has 0 aliphatic heterocycles. The molecule has 0 fully saturated rings. The average molecular weight is 601 g/mol. The summed E-state index contributed by atoms with van der Waals surface area (Å²) < 4.78 is 11.8. The number of nitrogens with two attached hydrogens (primary N) is 1. The Balaban J connectivity index is 1.82. The molecule has 3 amide bonds. The number of amides is 3. The molecule has 0 aliphatic carbocycles. The topological polar surface area (TPSA) is 140 Å². The highest BCUT2D eigenvalue weighted by Gasteiger charge is 2.29. The van der Waals surface area contributed by atoms with Gasteiger partial charge in [0.2, 0.25) is 5.91 Å². The number of phenolic OH excluding ortho intramolecular Hbond substituents is 1. The van der Waals surface area contributed by atoms with Crippen LogP contribution in [-0.2, 0) is 14.3 Å². The summed E-state index contributed by atoms with van der Waals surface area (Å²) in [7, 11) is 1.36. The first-order valence-corrected chi connectivity index (χ1v) is 11.8. The van der Waals surface area contributed by atoms with Gasteiger partial charge in [0.1, 0.15) is 11.9 Å². The fraction of sp³-hybridized carbons (Fsp3) is 0.115. The number of methoxy groups -OCH3 is 1. The zero-order valence-corrected chi connectivity index (χ0v) is 21.3. The van der Waals surface area contributed by atoms with Crippen LogP contribution in [0.5, 0.6) is 5.75 Å². The van der Waals surface area contributed by atoms with Gasteiger partial charge in [0.15, 0.2) is 6.10 Å². The maximum Gasteiger partial charge on any atom is 0.414 e. The van der Waals surface area contributed by atoms with E-state index in [1.54, 1.807) is 66.7 Å². The summed E-state index contributed by atoms with van der Waals surface area (Å²) in [6.45, 7) is 0. The van der Waals surface area contributed by atoms with Crippen molar-refractivity contribution in [1.29, 1.82) is 0 Å². The van der Waals surface area contributed by atoms with Gasteiger partial charge in [-0.1, -0.05) is 30.3 Å². The Morgan fingerprint density at radius 1 is 1.03 bits per heavy atom. The number of rotatable bonds is 8. The molecule has 3 aromatic carbocycles. The molecular weight excluding hydrogens is 577 g/mol. The fourth-order valence-electron chi connectivity index (χ4n) is 3.23. The van der Waals surface area contributed by atoms with Crippen molar-refractivity contribution in [3.8, 4) is 5.75 Å². The number of phenols is 1. The Labute approximate surface area is 221 Å². The Bertz CT molecular complexity index is 1270. The number of hydrogen-bond acceptors (Lipinski definition) is 7. The van der Waals surface area contributed by atoms with Gasteiger partial charge in [0, 0.05) is 27.9 Å². The van der Waals surface area contributed by atoms with Gasteiger partial charge in [-0.15, -0.1) is 0 Å². The lowest BCUT2D eigenvalue weighted by molar-refractivity contribution is -0.112. The lowest BCUT2D eigenvalue weighted by atomic mass is 10.0. The predicted octanol–water partition coefficient (Wildman–Crippen LogP) is 4.40. The van der Waals surface area contributed by atoms with Gasteiger partial charge in [-0.3, -0.25) is 14.9 Å². The van der Waals surface area contributed by atoms with Crippen LogP contribution in [0.4, 0.5) is 16.2 Å². The summed E-state index contributed by atoms with van der Waals surface area (Å²) in [5.74, 6) is -1.31. The summed E-state index contributed by atoms with van der Waals surface area (Å²) in [5, 5.41) is 15.3. The Morgan fingerprint density at radius 3 is 2.42 bits per heavy atom. The molecule has 2 atom stereocenters. The van der Waals surface area contributed by atoms with Crippen LogP contribution < -0.4 is 16.4 Å². The fourth-order valence-corrected chi connectivity index (χ4v) is 3.75. The zero-order valence-electron chi connectivity index (χ0n) is 19.2. The molecule has 3 aromatic rings. The zero-order chi connectivity index (χ0) is 26.1. The minimum absolute atomic E-state index is 0.153. The maximum atomic E-state index is 12.6. The Morgan fingerprint density at radius 2 is 1.72 bits per heavy atom. The monoisotopic (exact) mass is 601 g/mol. The third-order valence-corrected chi connectivity index (χ3v) is 5.68. The molecule has 36 heavy (non-hydrogen) atoms. The SMILES string of the molecule is CO[C@H](/C=C/C(=O)Nc1ccccc1N)[C@H](OC(=O)NC(=O)c1ccccc1)c1cc(I)ccc1O. The van der Waals surface area contributed by atoms with E-state index in [1.165, 1.54) is 25.3 Å². The number of carbonyl (C=O) groups excluding carboxylic acids is 3. The molecule has 0 saturated carbocycles. The number of halogens is 1. The molecule has 0 spiro atoms. The molecule has 9 nitrogen and oxygen atoms in total. The number of carbonyl (C=O) groups is 3. The number of benzene rings is 3. The summed E-state index contributed by atoms with van der Waals surface area (Å²) in [6.07, 6.45) is -0.659. The highest BCUT2D eigenvalue weighted by atomic mass is 127. The summed E-state index contributed by atoms with van der Waals surface area (Å²) in [4.78, 5) is 37.5. The van der Waals surface area contributed by atoms with E-state index in [1.807, 2.05) is 22.6 Å². The molecule has 186 valence electrons. The minimum atomic E-state index is -1.20. The van der Waals surface area contributed by atoms with E-state index in [0.29, 0.717) is 11.4 Å². The van der Waals surface area contributed by atoms with Crippen LogP contribution >= 0.6 is 22.6 Å². The van der Waals surface area contributed by atoms with Crippen molar-refractivity contribution in [2.24, 2.45) is 0 Å². The van der Waals surface area contributed by atoms with E-state index in [4.69, 9.17) is 15.2 Å². The first-order valence-electron chi connectivity index (χ1n) is 10.7. The smallest absolute Gasteiger partial charge is 0.414 e. The van der Waals surface area contributed by atoms with Crippen LogP contribution in [0.25, 0.3) is 0 Å². The van der Waals surface area contributed by atoms with Crippen LogP contribution in [0.1, 0.15) is 22.0 Å². The average Bonchev–Trinajstić information content (AvgIpc) is 2.87. The second-order valence-electron chi connectivity index (χ2n) is 7.49. The second-order valence-corrected chi connectivity index (χ2v) is 8.73. The number of nitrogen functional groups attached to an aromatic ring is 1. The number of hydrogen-bond donors (Lipinski definition) is 4. The maximum absolute atomic E-state index is 12.6. The molecule has 10 heteroatoms. The molecule has 0 bridgehead atoms. The lowest BCUT2D eigenvalue weighted by Gasteiger charge is -2.25. The van der Waals surface area contributed by atoms with E-state index >= 15 is 0 Å². The number of anilines is 2. The standard InChI is InChI=1S/C26H24IN3O6/c1-35-22(13-14-23(32)29-20-10-6-5-9-19(20)28)24(18-15-17(27)11-12-21(18)31)36-26(34)30-25(33)16-7-3-2-4-8-16/h2-15,22,24,31H,28H2,1H3,(H,29,32)(H,30,33,34)/b14-13+/t22-,24-/m1/s1. The van der Waals surface area contributed by atoms with Crippen LogP contribution in [-0.4, -0.2) is 36.2 Å². The highest BCUT2D eigenvalue weighted by molar-refractivity contribution is 14.1. The third-order valence-electron chi connectivity index (χ3n) is 5.01. The molecule has 3 rings (SSSR count). The molecular formula is C26H24IN3O6. The van der Waals surface area contributed by atoms with E-state index in [-0.39, 0.29) is 16.9 Å². The quantitative estimate of drug-likeness (QED) is 0.171. The van der Waals surface area contributed by atoms with E-state index in [2.05, 4.69) is 10.6 Å². The highest BCUT2D eigenvalue weighted by Crippen LogP contribution is 2.33. The molecule has 0 unspecified atom stereocenters. The van der Waals surface area contributed by atoms with E-state index in [0.717, 1.165) is 3.57 Å².